The predicted octanol–water partition coefficient (Wildman–Crippen LogP) is 4.68. The fourth-order valence-electron chi connectivity index (χ4n) is 2.88. The molecule has 0 spiro atoms. The molecule has 1 amide bonds. The largest absolute Gasteiger partial charge is 0.482 e. The van der Waals surface area contributed by atoms with Gasteiger partial charge in [0.15, 0.2) is 6.61 Å². The van der Waals surface area contributed by atoms with Gasteiger partial charge in [-0.3, -0.25) is 4.79 Å². The minimum absolute atomic E-state index is 0.0416. The van der Waals surface area contributed by atoms with E-state index in [4.69, 9.17) is 16.3 Å². The van der Waals surface area contributed by atoms with Gasteiger partial charge in [-0.2, -0.15) is 0 Å². The summed E-state index contributed by atoms with van der Waals surface area (Å²) in [6.07, 6.45) is 3.12. The number of benzene rings is 2. The molecule has 1 atom stereocenters. The predicted molar refractivity (Wildman–Crippen MR) is 94.9 cm³/mol. The number of nitrogens with one attached hydrogen (secondary N) is 1. The summed E-state index contributed by atoms with van der Waals surface area (Å²) in [4.78, 5) is 12.2. The second-order valence-electron chi connectivity index (χ2n) is 5.57. The molecule has 2 aromatic rings. The molecule has 3 rings (SSSR count). The molecule has 1 aliphatic carbocycles. The molecule has 120 valence electrons. The first kappa shape index (κ1) is 16.3. The van der Waals surface area contributed by atoms with Gasteiger partial charge in [-0.1, -0.05) is 51.8 Å². The number of rotatable bonds is 4. The Labute approximate surface area is 149 Å². The number of hydrogen-bond donors (Lipinski definition) is 1. The third kappa shape index (κ3) is 4.06. The average molecular weight is 395 g/mol. The molecule has 1 unspecified atom stereocenters. The van der Waals surface area contributed by atoms with Gasteiger partial charge in [-0.25, -0.2) is 0 Å². The maximum absolute atomic E-state index is 12.2. The van der Waals surface area contributed by atoms with Crippen LogP contribution in [0.15, 0.2) is 46.9 Å². The smallest absolute Gasteiger partial charge is 0.258 e. The van der Waals surface area contributed by atoms with E-state index >= 15 is 0 Å². The third-order valence-electron chi connectivity index (χ3n) is 3.96. The van der Waals surface area contributed by atoms with Crippen molar-refractivity contribution in [3.63, 3.8) is 0 Å². The van der Waals surface area contributed by atoms with E-state index < -0.39 is 0 Å². The molecule has 5 heteroatoms. The van der Waals surface area contributed by atoms with Crippen LogP contribution < -0.4 is 10.1 Å². The Kier molecular flexibility index (Phi) is 5.23. The Morgan fingerprint density at radius 2 is 2.13 bits per heavy atom. The highest BCUT2D eigenvalue weighted by Gasteiger charge is 2.21. The molecular weight excluding hydrogens is 378 g/mol. The van der Waals surface area contributed by atoms with E-state index in [1.54, 1.807) is 12.1 Å². The summed E-state index contributed by atoms with van der Waals surface area (Å²) >= 11 is 9.42. The summed E-state index contributed by atoms with van der Waals surface area (Å²) in [5.74, 6) is 0.375. The van der Waals surface area contributed by atoms with Gasteiger partial charge in [0, 0.05) is 4.47 Å². The number of aryl methyl sites for hydroxylation is 1. The van der Waals surface area contributed by atoms with Crippen LogP contribution in [-0.2, 0) is 11.2 Å². The third-order valence-corrected chi connectivity index (χ3v) is 4.75. The van der Waals surface area contributed by atoms with Crippen LogP contribution >= 0.6 is 27.5 Å². The fraction of sp³-hybridized carbons (Fsp3) is 0.278. The number of carbonyl (C=O) groups excluding carboxylic acids is 1. The Hall–Kier alpha value is -1.52. The van der Waals surface area contributed by atoms with E-state index in [0.717, 1.165) is 23.7 Å². The molecule has 0 saturated heterocycles. The lowest BCUT2D eigenvalue weighted by Gasteiger charge is -2.26. The van der Waals surface area contributed by atoms with Crippen LogP contribution in [0, 0.1) is 0 Å². The van der Waals surface area contributed by atoms with Crippen molar-refractivity contribution in [2.24, 2.45) is 0 Å². The second-order valence-corrected chi connectivity index (χ2v) is 6.90. The topological polar surface area (TPSA) is 38.3 Å². The molecular formula is C18H17BrClNO2. The van der Waals surface area contributed by atoms with Crippen LogP contribution in [0.4, 0.5) is 0 Å². The van der Waals surface area contributed by atoms with Crippen LogP contribution in [0.25, 0.3) is 0 Å². The van der Waals surface area contributed by atoms with Crippen molar-refractivity contribution in [3.8, 4) is 5.75 Å². The molecule has 0 saturated carbocycles. The monoisotopic (exact) mass is 393 g/mol. The standard InChI is InChI=1S/C18H17BrClNO2/c19-13-8-9-17(15(20)10-13)23-11-18(22)21-16-7-3-5-12-4-1-2-6-14(12)16/h1-2,4,6,8-10,16H,3,5,7,11H2,(H,21,22). The summed E-state index contributed by atoms with van der Waals surface area (Å²) < 4.78 is 6.39. The van der Waals surface area contributed by atoms with Gasteiger partial charge in [-0.05, 0) is 48.6 Å². The zero-order chi connectivity index (χ0) is 16.2. The highest BCUT2D eigenvalue weighted by molar-refractivity contribution is 9.10. The van der Waals surface area contributed by atoms with Crippen molar-refractivity contribution < 1.29 is 9.53 Å². The first-order valence-corrected chi connectivity index (χ1v) is 8.75. The van der Waals surface area contributed by atoms with E-state index in [1.807, 2.05) is 18.2 Å². The number of amides is 1. The van der Waals surface area contributed by atoms with Crippen molar-refractivity contribution >= 4 is 33.4 Å². The minimum Gasteiger partial charge on any atom is -0.482 e. The molecule has 0 heterocycles. The van der Waals surface area contributed by atoms with Crippen LogP contribution in [-0.4, -0.2) is 12.5 Å². The summed E-state index contributed by atoms with van der Waals surface area (Å²) in [5.41, 5.74) is 2.54. The number of ether oxygens (including phenoxy) is 1. The SMILES string of the molecule is O=C(COc1ccc(Br)cc1Cl)NC1CCCc2ccccc21. The molecule has 3 nitrogen and oxygen atoms in total. The first-order chi connectivity index (χ1) is 11.1. The molecule has 0 aromatic heterocycles. The molecule has 2 aromatic carbocycles. The lowest BCUT2D eigenvalue weighted by Crippen LogP contribution is -2.34. The van der Waals surface area contributed by atoms with Crippen molar-refractivity contribution in [2.45, 2.75) is 25.3 Å². The Balaban J connectivity index is 1.60. The normalized spacial score (nSPS) is 16.5. The number of halogens is 2. The van der Waals surface area contributed by atoms with Gasteiger partial charge < -0.3 is 10.1 Å². The molecule has 1 N–H and O–H groups in total. The summed E-state index contributed by atoms with van der Waals surface area (Å²) in [6, 6.07) is 13.7. The molecule has 0 fully saturated rings. The Morgan fingerprint density at radius 3 is 2.96 bits per heavy atom. The second kappa shape index (κ2) is 7.37. The zero-order valence-corrected chi connectivity index (χ0v) is 14.9. The van der Waals surface area contributed by atoms with E-state index in [1.165, 1.54) is 11.1 Å². The average Bonchev–Trinajstić information content (AvgIpc) is 2.54. The van der Waals surface area contributed by atoms with E-state index in [0.29, 0.717) is 10.8 Å². The van der Waals surface area contributed by atoms with Crippen LogP contribution in [0.5, 0.6) is 5.75 Å². The molecule has 0 aliphatic heterocycles. The van der Waals surface area contributed by atoms with Crippen molar-refractivity contribution in [1.29, 1.82) is 0 Å². The summed E-state index contributed by atoms with van der Waals surface area (Å²) in [6.45, 7) is -0.0416. The van der Waals surface area contributed by atoms with Gasteiger partial charge in [0.2, 0.25) is 0 Å². The zero-order valence-electron chi connectivity index (χ0n) is 12.5. The van der Waals surface area contributed by atoms with Crippen LogP contribution in [0.1, 0.15) is 30.0 Å². The van der Waals surface area contributed by atoms with Gasteiger partial charge in [-0.15, -0.1) is 0 Å². The Bertz CT molecular complexity index is 720. The van der Waals surface area contributed by atoms with E-state index in [2.05, 4.69) is 33.4 Å². The molecule has 0 radical (unpaired) electrons. The summed E-state index contributed by atoms with van der Waals surface area (Å²) in [7, 11) is 0. The van der Waals surface area contributed by atoms with Crippen molar-refractivity contribution in [2.75, 3.05) is 6.61 Å². The number of carbonyl (C=O) groups is 1. The minimum atomic E-state index is -0.134. The first-order valence-electron chi connectivity index (χ1n) is 7.58. The maximum atomic E-state index is 12.2. The summed E-state index contributed by atoms with van der Waals surface area (Å²) in [5, 5.41) is 3.54. The van der Waals surface area contributed by atoms with Crippen LogP contribution in [0.3, 0.4) is 0 Å². The molecule has 23 heavy (non-hydrogen) atoms. The maximum Gasteiger partial charge on any atom is 0.258 e. The van der Waals surface area contributed by atoms with Gasteiger partial charge in [0.1, 0.15) is 5.75 Å². The number of hydrogen-bond acceptors (Lipinski definition) is 2. The Morgan fingerprint density at radius 1 is 1.30 bits per heavy atom. The lowest BCUT2D eigenvalue weighted by molar-refractivity contribution is -0.123. The van der Waals surface area contributed by atoms with E-state index in [9.17, 15) is 4.79 Å². The van der Waals surface area contributed by atoms with Crippen molar-refractivity contribution in [3.05, 3.63) is 63.1 Å². The van der Waals surface area contributed by atoms with Crippen molar-refractivity contribution in [1.82, 2.24) is 5.32 Å². The molecule has 0 bridgehead atoms. The highest BCUT2D eigenvalue weighted by Crippen LogP contribution is 2.30. The highest BCUT2D eigenvalue weighted by atomic mass is 79.9. The van der Waals surface area contributed by atoms with Crippen LogP contribution in [0.2, 0.25) is 5.02 Å². The fourth-order valence-corrected chi connectivity index (χ4v) is 3.60. The van der Waals surface area contributed by atoms with Gasteiger partial charge in [0.25, 0.3) is 5.91 Å². The molecule has 1 aliphatic rings. The lowest BCUT2D eigenvalue weighted by atomic mass is 9.88. The van der Waals surface area contributed by atoms with E-state index in [-0.39, 0.29) is 18.6 Å². The van der Waals surface area contributed by atoms with Gasteiger partial charge >= 0.3 is 0 Å². The van der Waals surface area contributed by atoms with Gasteiger partial charge in [0.05, 0.1) is 11.1 Å². The number of fused-ring (bicyclic) bond motifs is 1. The quantitative estimate of drug-likeness (QED) is 0.818.